The molecular formula is C44H66N8O15. The first kappa shape index (κ1) is 54.7. The molecule has 0 bridgehead atoms. The van der Waals surface area contributed by atoms with Crippen molar-refractivity contribution < 1.29 is 65.0 Å². The number of amides is 1. The van der Waals surface area contributed by atoms with Crippen molar-refractivity contribution in [1.29, 1.82) is 0 Å². The topological polar surface area (TPSA) is 349 Å². The van der Waals surface area contributed by atoms with Crippen LogP contribution in [0.2, 0.25) is 0 Å². The largest absolute Gasteiger partial charge is 0.476 e. The molecule has 2 aromatic carbocycles. The van der Waals surface area contributed by atoms with Gasteiger partial charge in [0, 0.05) is 52.4 Å². The first-order chi connectivity index (χ1) is 31.8. The van der Waals surface area contributed by atoms with Crippen molar-refractivity contribution in [2.24, 2.45) is 5.73 Å². The fourth-order valence-corrected chi connectivity index (χ4v) is 7.21. The molecule has 2 aliphatic rings. The zero-order valence-electron chi connectivity index (χ0n) is 38.3. The number of ether oxygens (including phenoxy) is 2. The average Bonchev–Trinajstić information content (AvgIpc) is 3.31. The molecule has 4 aromatic rings. The number of morpholine rings is 2. The van der Waals surface area contributed by atoms with Crippen molar-refractivity contribution in [3.8, 4) is 0 Å². The van der Waals surface area contributed by atoms with Crippen LogP contribution in [0, 0.1) is 27.7 Å². The molecule has 23 heteroatoms. The molecule has 23 nitrogen and oxygen atoms in total. The maximum atomic E-state index is 13.2. The second kappa shape index (κ2) is 26.0. The second-order valence-electron chi connectivity index (χ2n) is 16.5. The Balaban J connectivity index is 0.000000253. The van der Waals surface area contributed by atoms with Crippen LogP contribution in [0.1, 0.15) is 43.2 Å². The number of aromatic carboxylic acids is 1. The van der Waals surface area contributed by atoms with Gasteiger partial charge in [-0.1, -0.05) is 0 Å². The predicted molar refractivity (Wildman–Crippen MR) is 244 cm³/mol. The van der Waals surface area contributed by atoms with Gasteiger partial charge in [-0.05, 0) is 74.2 Å². The first-order valence-electron chi connectivity index (χ1n) is 22.0. The van der Waals surface area contributed by atoms with E-state index in [1.807, 2.05) is 20.8 Å². The minimum Gasteiger partial charge on any atom is -0.476 e. The maximum absolute atomic E-state index is 13.2. The Morgan fingerprint density at radius 3 is 1.43 bits per heavy atom. The van der Waals surface area contributed by atoms with Gasteiger partial charge in [-0.3, -0.25) is 24.2 Å². The summed E-state index contributed by atoms with van der Waals surface area (Å²) in [6.45, 7) is 14.4. The number of rotatable bonds is 17. The lowest BCUT2D eigenvalue weighted by molar-refractivity contribution is -0.0805. The Labute approximate surface area is 386 Å². The zero-order chi connectivity index (χ0) is 49.5. The first-order valence-corrected chi connectivity index (χ1v) is 22.0. The summed E-state index contributed by atoms with van der Waals surface area (Å²) in [6, 6.07) is 6.72. The lowest BCUT2D eigenvalue weighted by atomic mass is 10.1. The van der Waals surface area contributed by atoms with Crippen molar-refractivity contribution in [1.82, 2.24) is 34.2 Å². The van der Waals surface area contributed by atoms with Crippen LogP contribution >= 0.6 is 0 Å². The Morgan fingerprint density at radius 2 is 1.03 bits per heavy atom. The average molecular weight is 947 g/mol. The lowest BCUT2D eigenvalue weighted by Crippen LogP contribution is -2.45. The molecule has 6 atom stereocenters. The van der Waals surface area contributed by atoms with E-state index >= 15 is 0 Å². The minimum atomic E-state index is -1.71. The summed E-state index contributed by atoms with van der Waals surface area (Å²) in [7, 11) is 0. The Morgan fingerprint density at radius 1 is 0.642 bits per heavy atom. The molecule has 0 saturated carbocycles. The molecule has 0 aliphatic carbocycles. The number of aryl methyl sites for hydroxylation is 4. The molecule has 12 N–H and O–H groups in total. The summed E-state index contributed by atoms with van der Waals surface area (Å²) in [5.41, 5.74) is 7.48. The normalized spacial score (nSPS) is 17.3. The molecular weight excluding hydrogens is 881 g/mol. The third-order valence-corrected chi connectivity index (χ3v) is 11.6. The number of hydrogen-bond acceptors (Lipinski definition) is 19. The van der Waals surface area contributed by atoms with Gasteiger partial charge < -0.3 is 75.6 Å². The zero-order valence-corrected chi connectivity index (χ0v) is 38.3. The molecule has 0 unspecified atom stereocenters. The quantitative estimate of drug-likeness (QED) is 0.0484. The molecule has 6 rings (SSSR count). The molecule has 2 saturated heterocycles. The van der Waals surface area contributed by atoms with Crippen LogP contribution in [0.3, 0.4) is 0 Å². The van der Waals surface area contributed by atoms with Crippen LogP contribution in [-0.2, 0) is 22.6 Å². The van der Waals surface area contributed by atoms with Gasteiger partial charge in [0.1, 0.15) is 36.6 Å². The van der Waals surface area contributed by atoms with Gasteiger partial charge in [-0.2, -0.15) is 0 Å². The summed E-state index contributed by atoms with van der Waals surface area (Å²) in [6.07, 6.45) is -9.72. The smallest absolute Gasteiger partial charge is 0.360 e. The number of benzene rings is 2. The van der Waals surface area contributed by atoms with E-state index in [1.165, 1.54) is 4.57 Å². The van der Waals surface area contributed by atoms with E-state index in [2.05, 4.69) is 25.1 Å². The fourth-order valence-electron chi connectivity index (χ4n) is 7.21. The lowest BCUT2D eigenvalue weighted by Gasteiger charge is -2.26. The van der Waals surface area contributed by atoms with Crippen LogP contribution in [-0.4, -0.2) is 215 Å². The molecule has 2 aliphatic heterocycles. The number of hydrogen-bond donors (Lipinski definition) is 11. The number of aliphatic hydroxyl groups is 8. The van der Waals surface area contributed by atoms with Crippen molar-refractivity contribution in [2.75, 3.05) is 92.0 Å². The van der Waals surface area contributed by atoms with Crippen LogP contribution in [0.4, 0.5) is 0 Å². The van der Waals surface area contributed by atoms with Gasteiger partial charge in [0.25, 0.3) is 17.0 Å². The summed E-state index contributed by atoms with van der Waals surface area (Å²) < 4.78 is 12.6. The van der Waals surface area contributed by atoms with Crippen LogP contribution in [0.25, 0.3) is 22.1 Å². The summed E-state index contributed by atoms with van der Waals surface area (Å²) in [5.74, 6) is -2.14. The van der Waals surface area contributed by atoms with Gasteiger partial charge in [0.15, 0.2) is 5.69 Å². The highest BCUT2D eigenvalue weighted by Crippen LogP contribution is 2.20. The van der Waals surface area contributed by atoms with Gasteiger partial charge >= 0.3 is 5.97 Å². The third-order valence-electron chi connectivity index (χ3n) is 11.6. The highest BCUT2D eigenvalue weighted by molar-refractivity contribution is 5.94. The monoisotopic (exact) mass is 946 g/mol. The highest BCUT2D eigenvalue weighted by Gasteiger charge is 2.29. The van der Waals surface area contributed by atoms with Crippen LogP contribution in [0.5, 0.6) is 0 Å². The Kier molecular flexibility index (Phi) is 21.3. The number of nitrogens with zero attached hydrogens (tertiary/aromatic N) is 6. The van der Waals surface area contributed by atoms with Crippen molar-refractivity contribution in [3.63, 3.8) is 0 Å². The molecule has 372 valence electrons. The summed E-state index contributed by atoms with van der Waals surface area (Å²) >= 11 is 0. The van der Waals surface area contributed by atoms with Gasteiger partial charge in [0.2, 0.25) is 5.69 Å². The number of carbonyl (C=O) groups excluding carboxylic acids is 1. The van der Waals surface area contributed by atoms with Gasteiger partial charge in [0.05, 0.1) is 74.8 Å². The maximum Gasteiger partial charge on any atom is 0.360 e. The Hall–Kier alpha value is -4.86. The number of aromatic nitrogens is 4. The van der Waals surface area contributed by atoms with Gasteiger partial charge in [-0.25, -0.2) is 14.8 Å². The van der Waals surface area contributed by atoms with Crippen LogP contribution < -0.4 is 22.2 Å². The van der Waals surface area contributed by atoms with E-state index < -0.39 is 91.6 Å². The number of carboxylic acid groups (broad SMARTS) is 1. The Bertz CT molecular complexity index is 2380. The van der Waals surface area contributed by atoms with Crippen molar-refractivity contribution in [3.05, 3.63) is 78.6 Å². The number of nitrogens with one attached hydrogen (secondary N) is 1. The number of aliphatic hydroxyl groups excluding tert-OH is 8. The molecule has 4 heterocycles. The van der Waals surface area contributed by atoms with E-state index in [4.69, 9.17) is 25.4 Å². The molecule has 1 amide bonds. The minimum absolute atomic E-state index is 0.254. The molecule has 2 aromatic heterocycles. The van der Waals surface area contributed by atoms with Crippen LogP contribution in [0.15, 0.2) is 33.9 Å². The number of nitrogens with two attached hydrogens (primary N) is 1. The molecule has 0 spiro atoms. The number of carbonyl (C=O) groups is 2. The standard InChI is InChI=1S/C22H32N4O7.C16H20N2O7.C6H14N2O/c1-13-9-15-16(10-14(13)2)26(11-17(28)20(30)18(29)12-27)22(32)19(24-15)21(31)23-3-4-25-5-7-33-8-6-25;1-7-3-9-10(4-8(7)2)18(15(23)13(17-9)16(24)25)5-11(20)14(22)12(21)6-19;7-1-2-8-3-5-9-6-4-8/h9-10,17-18,20,27-30H,3-8,11-12H2,1-2H3,(H,23,31);3-4,11-12,14,19-22H,5-6H2,1-2H3,(H,24,25);1-7H2/t17-,18+,20-;11-,12+,14-;/m00./s1. The SMILES string of the molecule is Cc1cc2nc(C(=O)NCCN3CCOCC3)c(=O)n(C[C@H](O)[C@H](O)[C@H](O)CO)c2cc1C.Cc1cc2nc(C(=O)O)c(=O)n(C[C@H](O)[C@H](O)[C@H](O)CO)c2cc1C.NCCN1CCOCC1. The third kappa shape index (κ3) is 14.8. The molecule has 2 fully saturated rings. The number of carboxylic acids is 1. The summed E-state index contributed by atoms with van der Waals surface area (Å²) in [4.78, 5) is 62.4. The van der Waals surface area contributed by atoms with E-state index in [0.29, 0.717) is 42.9 Å². The summed E-state index contributed by atoms with van der Waals surface area (Å²) in [5, 5.41) is 89.1. The molecule has 67 heavy (non-hydrogen) atoms. The van der Waals surface area contributed by atoms with Gasteiger partial charge in [-0.15, -0.1) is 0 Å². The number of fused-ring (bicyclic) bond motifs is 2. The predicted octanol–water partition coefficient (Wildman–Crippen LogP) is -3.79. The van der Waals surface area contributed by atoms with E-state index in [0.717, 1.165) is 79.3 Å². The van der Waals surface area contributed by atoms with Crippen molar-refractivity contribution in [2.45, 2.75) is 77.4 Å². The highest BCUT2D eigenvalue weighted by atomic mass is 16.5. The second-order valence-corrected chi connectivity index (χ2v) is 16.5. The fraction of sp³-hybridized carbons (Fsp3) is 0.591. The molecule has 0 radical (unpaired) electrons. The van der Waals surface area contributed by atoms with E-state index in [-0.39, 0.29) is 11.2 Å². The van der Waals surface area contributed by atoms with Crippen molar-refractivity contribution >= 4 is 33.9 Å². The van der Waals surface area contributed by atoms with E-state index in [1.54, 1.807) is 31.2 Å². The van der Waals surface area contributed by atoms with E-state index in [9.17, 15) is 54.9 Å².